The first-order valence-electron chi connectivity index (χ1n) is 9.75. The standard InChI is InChI=1S/C23H25N5OS/c1-16-10-11-19(14-18(16)3)28(13-7-12-24)21(29)15-30-23-26-25-22(27(23)4)20-9-6-5-8-17(20)2/h5-6,8-11,14H,7,13,15H2,1-4H3. The molecule has 0 radical (unpaired) electrons. The molecule has 0 N–H and O–H groups in total. The molecule has 2 aromatic carbocycles. The van der Waals surface area contributed by atoms with E-state index in [1.54, 1.807) is 4.90 Å². The van der Waals surface area contributed by atoms with Gasteiger partial charge in [0.1, 0.15) is 0 Å². The Morgan fingerprint density at radius 3 is 2.57 bits per heavy atom. The molecule has 0 aliphatic carbocycles. The number of nitriles is 1. The number of nitrogens with zero attached hydrogens (tertiary/aromatic N) is 5. The Labute approximate surface area is 181 Å². The second-order valence-corrected chi connectivity index (χ2v) is 8.13. The maximum absolute atomic E-state index is 13.0. The first-order chi connectivity index (χ1) is 14.4. The third-order valence-electron chi connectivity index (χ3n) is 5.10. The number of anilines is 1. The monoisotopic (exact) mass is 419 g/mol. The van der Waals surface area contributed by atoms with Crippen LogP contribution in [0, 0.1) is 32.1 Å². The van der Waals surface area contributed by atoms with Gasteiger partial charge in [-0.25, -0.2) is 0 Å². The van der Waals surface area contributed by atoms with Gasteiger partial charge in [0.05, 0.1) is 18.2 Å². The molecule has 1 amide bonds. The van der Waals surface area contributed by atoms with Crippen molar-refractivity contribution < 1.29 is 4.79 Å². The van der Waals surface area contributed by atoms with Crippen molar-refractivity contribution in [2.45, 2.75) is 32.3 Å². The van der Waals surface area contributed by atoms with E-state index < -0.39 is 0 Å². The molecule has 0 unspecified atom stereocenters. The molecule has 3 aromatic rings. The van der Waals surface area contributed by atoms with Gasteiger partial charge in [0.2, 0.25) is 5.91 Å². The van der Waals surface area contributed by atoms with Crippen LogP contribution in [0.15, 0.2) is 47.6 Å². The van der Waals surface area contributed by atoms with Gasteiger partial charge in [-0.3, -0.25) is 4.79 Å². The average Bonchev–Trinajstić information content (AvgIpc) is 3.09. The molecule has 0 saturated carbocycles. The van der Waals surface area contributed by atoms with E-state index in [1.165, 1.54) is 17.3 Å². The second kappa shape index (κ2) is 9.59. The summed E-state index contributed by atoms with van der Waals surface area (Å²) in [6.07, 6.45) is 0.282. The summed E-state index contributed by atoms with van der Waals surface area (Å²) in [5, 5.41) is 18.3. The SMILES string of the molecule is Cc1ccc(N(CCC#N)C(=O)CSc2nnc(-c3ccccc3C)n2C)cc1C. The average molecular weight is 420 g/mol. The zero-order valence-electron chi connectivity index (χ0n) is 17.7. The highest BCUT2D eigenvalue weighted by Gasteiger charge is 2.19. The number of rotatable bonds is 7. The summed E-state index contributed by atoms with van der Waals surface area (Å²) < 4.78 is 1.91. The quantitative estimate of drug-likeness (QED) is 0.529. The molecule has 154 valence electrons. The third-order valence-corrected chi connectivity index (χ3v) is 6.10. The molecule has 0 atom stereocenters. The van der Waals surface area contributed by atoms with Gasteiger partial charge in [0.15, 0.2) is 11.0 Å². The van der Waals surface area contributed by atoms with Crippen molar-refractivity contribution in [2.75, 3.05) is 17.2 Å². The number of carbonyl (C=O) groups excluding carboxylic acids is 1. The molecule has 0 fully saturated rings. The molecule has 0 spiro atoms. The van der Waals surface area contributed by atoms with Crippen LogP contribution in [0.2, 0.25) is 0 Å². The van der Waals surface area contributed by atoms with E-state index in [4.69, 9.17) is 5.26 Å². The molecule has 3 rings (SSSR count). The topological polar surface area (TPSA) is 74.8 Å². The number of aryl methyl sites for hydroxylation is 3. The Kier molecular flexibility index (Phi) is 6.91. The maximum atomic E-state index is 13.0. The summed E-state index contributed by atoms with van der Waals surface area (Å²) in [4.78, 5) is 14.7. The Morgan fingerprint density at radius 2 is 1.87 bits per heavy atom. The zero-order chi connectivity index (χ0) is 21.7. The first kappa shape index (κ1) is 21.6. The number of hydrogen-bond acceptors (Lipinski definition) is 5. The highest BCUT2D eigenvalue weighted by atomic mass is 32.2. The molecule has 0 aliphatic heterocycles. The van der Waals surface area contributed by atoms with Crippen LogP contribution in [0.4, 0.5) is 5.69 Å². The number of thioether (sulfide) groups is 1. The predicted molar refractivity (Wildman–Crippen MR) is 120 cm³/mol. The lowest BCUT2D eigenvalue weighted by molar-refractivity contribution is -0.116. The van der Waals surface area contributed by atoms with Gasteiger partial charge in [-0.1, -0.05) is 42.1 Å². The highest BCUT2D eigenvalue weighted by molar-refractivity contribution is 7.99. The molecular formula is C23H25N5OS. The van der Waals surface area contributed by atoms with E-state index in [-0.39, 0.29) is 18.1 Å². The third kappa shape index (κ3) is 4.71. The largest absolute Gasteiger partial charge is 0.311 e. The van der Waals surface area contributed by atoms with Crippen LogP contribution < -0.4 is 4.90 Å². The van der Waals surface area contributed by atoms with Gasteiger partial charge >= 0.3 is 0 Å². The van der Waals surface area contributed by atoms with E-state index >= 15 is 0 Å². The number of aromatic nitrogens is 3. The number of carbonyl (C=O) groups is 1. The minimum Gasteiger partial charge on any atom is -0.311 e. The molecule has 1 heterocycles. The maximum Gasteiger partial charge on any atom is 0.237 e. The van der Waals surface area contributed by atoms with Gasteiger partial charge in [-0.2, -0.15) is 5.26 Å². The van der Waals surface area contributed by atoms with Gasteiger partial charge < -0.3 is 9.47 Å². The molecule has 30 heavy (non-hydrogen) atoms. The van der Waals surface area contributed by atoms with Crippen LogP contribution in [0.5, 0.6) is 0 Å². The van der Waals surface area contributed by atoms with E-state index in [0.29, 0.717) is 11.7 Å². The van der Waals surface area contributed by atoms with Crippen LogP contribution >= 0.6 is 11.8 Å². The highest BCUT2D eigenvalue weighted by Crippen LogP contribution is 2.26. The van der Waals surface area contributed by atoms with E-state index in [2.05, 4.69) is 16.3 Å². The van der Waals surface area contributed by atoms with Crippen LogP contribution in [0.1, 0.15) is 23.1 Å². The van der Waals surface area contributed by atoms with Gasteiger partial charge in [0, 0.05) is 24.8 Å². The van der Waals surface area contributed by atoms with Crippen molar-refractivity contribution in [1.29, 1.82) is 5.26 Å². The fraction of sp³-hybridized carbons (Fsp3) is 0.304. The smallest absolute Gasteiger partial charge is 0.237 e. The van der Waals surface area contributed by atoms with Crippen LogP contribution in [-0.2, 0) is 11.8 Å². The number of hydrogen-bond donors (Lipinski definition) is 0. The molecule has 7 heteroatoms. The molecule has 0 saturated heterocycles. The van der Waals surface area contributed by atoms with Gasteiger partial charge in [-0.05, 0) is 49.6 Å². The number of amides is 1. The normalized spacial score (nSPS) is 10.6. The molecule has 6 nitrogen and oxygen atoms in total. The van der Waals surface area contributed by atoms with Crippen molar-refractivity contribution >= 4 is 23.4 Å². The Morgan fingerprint density at radius 1 is 1.10 bits per heavy atom. The summed E-state index contributed by atoms with van der Waals surface area (Å²) in [6.45, 7) is 6.46. The summed E-state index contributed by atoms with van der Waals surface area (Å²) in [5.74, 6) is 0.940. The number of benzene rings is 2. The van der Waals surface area contributed by atoms with Crippen LogP contribution in [0.25, 0.3) is 11.4 Å². The molecular weight excluding hydrogens is 394 g/mol. The van der Waals surface area contributed by atoms with Crippen molar-refractivity contribution in [2.24, 2.45) is 7.05 Å². The van der Waals surface area contributed by atoms with Crippen LogP contribution in [-0.4, -0.2) is 33.0 Å². The lowest BCUT2D eigenvalue weighted by Crippen LogP contribution is -2.33. The predicted octanol–water partition coefficient (Wildman–Crippen LogP) is 4.45. The van der Waals surface area contributed by atoms with Crippen LogP contribution in [0.3, 0.4) is 0 Å². The minimum absolute atomic E-state index is 0.0565. The second-order valence-electron chi connectivity index (χ2n) is 7.19. The lowest BCUT2D eigenvalue weighted by atomic mass is 10.1. The van der Waals surface area contributed by atoms with E-state index in [0.717, 1.165) is 28.2 Å². The summed E-state index contributed by atoms with van der Waals surface area (Å²) >= 11 is 1.36. The fourth-order valence-corrected chi connectivity index (χ4v) is 3.94. The van der Waals surface area contributed by atoms with E-state index in [9.17, 15) is 4.79 Å². The Balaban J connectivity index is 1.76. The Bertz CT molecular complexity index is 1100. The first-order valence-corrected chi connectivity index (χ1v) is 10.7. The fourth-order valence-electron chi connectivity index (χ4n) is 3.16. The van der Waals surface area contributed by atoms with Crippen molar-refractivity contribution in [1.82, 2.24) is 14.8 Å². The van der Waals surface area contributed by atoms with Crippen molar-refractivity contribution in [3.05, 3.63) is 59.2 Å². The van der Waals surface area contributed by atoms with Crippen molar-refractivity contribution in [3.8, 4) is 17.5 Å². The summed E-state index contributed by atoms with van der Waals surface area (Å²) in [5.41, 5.74) is 5.25. The van der Waals surface area contributed by atoms with Crippen molar-refractivity contribution in [3.63, 3.8) is 0 Å². The summed E-state index contributed by atoms with van der Waals surface area (Å²) in [6, 6.07) is 16.1. The molecule has 0 bridgehead atoms. The zero-order valence-corrected chi connectivity index (χ0v) is 18.5. The molecule has 1 aromatic heterocycles. The Hall–Kier alpha value is -3.11. The van der Waals surface area contributed by atoms with Gasteiger partial charge in [0.25, 0.3) is 0 Å². The van der Waals surface area contributed by atoms with E-state index in [1.807, 2.05) is 74.9 Å². The lowest BCUT2D eigenvalue weighted by Gasteiger charge is -2.22. The van der Waals surface area contributed by atoms with Gasteiger partial charge in [-0.15, -0.1) is 10.2 Å². The minimum atomic E-state index is -0.0565. The summed E-state index contributed by atoms with van der Waals surface area (Å²) in [7, 11) is 1.91. The molecule has 0 aliphatic rings.